The lowest BCUT2D eigenvalue weighted by atomic mass is 9.84. The number of hydrogen-bond acceptors (Lipinski definition) is 2. The van der Waals surface area contributed by atoms with Gasteiger partial charge in [-0.05, 0) is 24.3 Å². The van der Waals surface area contributed by atoms with Gasteiger partial charge in [0.1, 0.15) is 5.25 Å². The molecule has 0 bridgehead atoms. The molecule has 2 rings (SSSR count). The van der Waals surface area contributed by atoms with Crippen molar-refractivity contribution in [2.24, 2.45) is 5.92 Å². The molecule has 1 aliphatic carbocycles. The van der Waals surface area contributed by atoms with Gasteiger partial charge in [-0.1, -0.05) is 49.6 Å². The molecule has 4 heteroatoms. The van der Waals surface area contributed by atoms with Crippen molar-refractivity contribution in [3.8, 4) is 0 Å². The highest BCUT2D eigenvalue weighted by Gasteiger charge is 2.34. The molecular formula is C13H18O3S. The van der Waals surface area contributed by atoms with Crippen LogP contribution in [0.5, 0.6) is 0 Å². The Morgan fingerprint density at radius 3 is 2.18 bits per heavy atom. The molecule has 1 aliphatic rings. The molecule has 1 aromatic carbocycles. The van der Waals surface area contributed by atoms with Crippen LogP contribution in [0.15, 0.2) is 30.3 Å². The summed E-state index contributed by atoms with van der Waals surface area (Å²) in [6.45, 7) is 0. The predicted molar refractivity (Wildman–Crippen MR) is 67.3 cm³/mol. The monoisotopic (exact) mass is 254 g/mol. The molecule has 0 heterocycles. The Morgan fingerprint density at radius 1 is 1.06 bits per heavy atom. The van der Waals surface area contributed by atoms with Gasteiger partial charge < -0.3 is 0 Å². The van der Waals surface area contributed by atoms with E-state index in [9.17, 15) is 13.0 Å². The summed E-state index contributed by atoms with van der Waals surface area (Å²) in [6, 6.07) is 9.05. The molecule has 0 saturated heterocycles. The highest BCUT2D eigenvalue weighted by Crippen LogP contribution is 2.38. The quantitative estimate of drug-likeness (QED) is 0.843. The molecule has 0 amide bonds. The van der Waals surface area contributed by atoms with Crippen LogP contribution in [0.2, 0.25) is 0 Å². The molecule has 1 N–H and O–H groups in total. The third-order valence-electron chi connectivity index (χ3n) is 3.53. The van der Waals surface area contributed by atoms with Gasteiger partial charge in [-0.3, -0.25) is 4.55 Å². The van der Waals surface area contributed by atoms with Crippen molar-refractivity contribution >= 4 is 10.1 Å². The molecule has 0 radical (unpaired) electrons. The Hall–Kier alpha value is -0.870. The molecular weight excluding hydrogens is 236 g/mol. The van der Waals surface area contributed by atoms with Crippen LogP contribution in [0.25, 0.3) is 0 Å². The van der Waals surface area contributed by atoms with Crippen LogP contribution in [0.1, 0.15) is 42.9 Å². The summed E-state index contributed by atoms with van der Waals surface area (Å²) in [7, 11) is -4.02. The molecule has 0 aliphatic heterocycles. The van der Waals surface area contributed by atoms with Gasteiger partial charge in [0.05, 0.1) is 0 Å². The summed E-state index contributed by atoms with van der Waals surface area (Å²) >= 11 is 0. The Balaban J connectivity index is 2.32. The summed E-state index contributed by atoms with van der Waals surface area (Å²) in [4.78, 5) is 0. The molecule has 0 unspecified atom stereocenters. The van der Waals surface area contributed by atoms with Crippen molar-refractivity contribution in [1.82, 2.24) is 0 Å². The fourth-order valence-corrected chi connectivity index (χ4v) is 4.03. The molecule has 1 atom stereocenters. The van der Waals surface area contributed by atoms with Crippen LogP contribution in [-0.4, -0.2) is 13.0 Å². The van der Waals surface area contributed by atoms with Gasteiger partial charge in [0, 0.05) is 0 Å². The van der Waals surface area contributed by atoms with E-state index in [4.69, 9.17) is 0 Å². The molecule has 0 aromatic heterocycles. The predicted octanol–water partition coefficient (Wildman–Crippen LogP) is 3.20. The van der Waals surface area contributed by atoms with Gasteiger partial charge in [0.15, 0.2) is 0 Å². The first kappa shape index (κ1) is 12.6. The highest BCUT2D eigenvalue weighted by atomic mass is 32.2. The molecule has 17 heavy (non-hydrogen) atoms. The molecule has 1 fully saturated rings. The van der Waals surface area contributed by atoms with Gasteiger partial charge >= 0.3 is 0 Å². The molecule has 0 spiro atoms. The molecule has 1 saturated carbocycles. The van der Waals surface area contributed by atoms with E-state index in [2.05, 4.69) is 0 Å². The van der Waals surface area contributed by atoms with Crippen LogP contribution < -0.4 is 0 Å². The summed E-state index contributed by atoms with van der Waals surface area (Å²) in [5, 5.41) is -0.746. The average Bonchev–Trinajstić information content (AvgIpc) is 2.30. The van der Waals surface area contributed by atoms with E-state index < -0.39 is 15.4 Å². The lowest BCUT2D eigenvalue weighted by Gasteiger charge is -2.28. The lowest BCUT2D eigenvalue weighted by Crippen LogP contribution is -2.23. The highest BCUT2D eigenvalue weighted by molar-refractivity contribution is 7.86. The largest absolute Gasteiger partial charge is 0.285 e. The first-order valence-corrected chi connectivity index (χ1v) is 7.60. The fourth-order valence-electron chi connectivity index (χ4n) is 2.77. The summed E-state index contributed by atoms with van der Waals surface area (Å²) in [5.74, 6) is 0.0566. The van der Waals surface area contributed by atoms with Crippen LogP contribution in [-0.2, 0) is 10.1 Å². The van der Waals surface area contributed by atoms with Crippen molar-refractivity contribution in [1.29, 1.82) is 0 Å². The van der Waals surface area contributed by atoms with Crippen LogP contribution >= 0.6 is 0 Å². The second-order valence-corrected chi connectivity index (χ2v) is 6.28. The Morgan fingerprint density at radius 2 is 1.65 bits per heavy atom. The van der Waals surface area contributed by atoms with Gasteiger partial charge in [-0.15, -0.1) is 0 Å². The van der Waals surface area contributed by atoms with E-state index in [1.807, 2.05) is 18.2 Å². The van der Waals surface area contributed by atoms with Crippen molar-refractivity contribution in [2.45, 2.75) is 37.4 Å². The number of benzene rings is 1. The molecule has 1 aromatic rings. The zero-order chi connectivity index (χ0) is 12.3. The average molecular weight is 254 g/mol. The van der Waals surface area contributed by atoms with Crippen LogP contribution in [0.3, 0.4) is 0 Å². The normalized spacial score (nSPS) is 20.1. The van der Waals surface area contributed by atoms with Crippen LogP contribution in [0, 0.1) is 5.92 Å². The summed E-state index contributed by atoms with van der Waals surface area (Å²) in [5.41, 5.74) is 0.710. The minimum Gasteiger partial charge on any atom is -0.285 e. The van der Waals surface area contributed by atoms with E-state index in [-0.39, 0.29) is 5.92 Å². The van der Waals surface area contributed by atoms with E-state index in [0.29, 0.717) is 5.56 Å². The second kappa shape index (κ2) is 5.19. The second-order valence-electron chi connectivity index (χ2n) is 4.74. The van der Waals surface area contributed by atoms with E-state index in [0.717, 1.165) is 25.7 Å². The lowest BCUT2D eigenvalue weighted by molar-refractivity contribution is 0.329. The zero-order valence-electron chi connectivity index (χ0n) is 9.75. The third-order valence-corrected chi connectivity index (χ3v) is 4.83. The topological polar surface area (TPSA) is 54.4 Å². The Kier molecular flexibility index (Phi) is 3.84. The first-order valence-electron chi connectivity index (χ1n) is 6.10. The van der Waals surface area contributed by atoms with Crippen molar-refractivity contribution in [3.05, 3.63) is 35.9 Å². The van der Waals surface area contributed by atoms with Crippen molar-refractivity contribution < 1.29 is 13.0 Å². The SMILES string of the molecule is O=S(=O)(O)[C@H](c1ccccc1)C1CCCCC1. The molecule has 3 nitrogen and oxygen atoms in total. The van der Waals surface area contributed by atoms with Gasteiger partial charge in [-0.2, -0.15) is 8.42 Å². The van der Waals surface area contributed by atoms with E-state index in [1.54, 1.807) is 12.1 Å². The standard InChI is InChI=1S/C13H18O3S/c14-17(15,16)13(11-7-3-1-4-8-11)12-9-5-2-6-10-12/h1,3-4,7-8,12-13H,2,5-6,9-10H2,(H,14,15,16)/t13-/m1/s1. The maximum Gasteiger partial charge on any atom is 0.272 e. The Bertz CT molecular complexity index is 447. The molecule has 94 valence electrons. The van der Waals surface area contributed by atoms with Gasteiger partial charge in [0.2, 0.25) is 0 Å². The number of hydrogen-bond donors (Lipinski definition) is 1. The van der Waals surface area contributed by atoms with E-state index in [1.165, 1.54) is 6.42 Å². The minimum atomic E-state index is -4.02. The smallest absolute Gasteiger partial charge is 0.272 e. The first-order chi connectivity index (χ1) is 8.09. The summed E-state index contributed by atoms with van der Waals surface area (Å²) in [6.07, 6.45) is 5.06. The van der Waals surface area contributed by atoms with Gasteiger partial charge in [-0.25, -0.2) is 0 Å². The van der Waals surface area contributed by atoms with E-state index >= 15 is 0 Å². The zero-order valence-corrected chi connectivity index (χ0v) is 10.6. The van der Waals surface area contributed by atoms with Crippen molar-refractivity contribution in [3.63, 3.8) is 0 Å². The fraction of sp³-hybridized carbons (Fsp3) is 0.538. The maximum atomic E-state index is 11.6. The number of rotatable bonds is 3. The third kappa shape index (κ3) is 3.07. The Labute approximate surface area is 103 Å². The van der Waals surface area contributed by atoms with Crippen molar-refractivity contribution in [2.75, 3.05) is 0 Å². The van der Waals surface area contributed by atoms with Gasteiger partial charge in [0.25, 0.3) is 10.1 Å². The minimum absolute atomic E-state index is 0.0566. The summed E-state index contributed by atoms with van der Waals surface area (Å²) < 4.78 is 32.6. The maximum absolute atomic E-state index is 11.6. The van der Waals surface area contributed by atoms with Crippen LogP contribution in [0.4, 0.5) is 0 Å².